The van der Waals surface area contributed by atoms with Crippen LogP contribution in [0.2, 0.25) is 0 Å². The molecule has 0 saturated heterocycles. The number of nitrogens with zero attached hydrogens (tertiary/aromatic N) is 3. The molecule has 0 unspecified atom stereocenters. The summed E-state index contributed by atoms with van der Waals surface area (Å²) in [5.74, 6) is 0.374. The van der Waals surface area contributed by atoms with E-state index in [0.717, 1.165) is 5.69 Å². The second-order valence-electron chi connectivity index (χ2n) is 3.26. The quantitative estimate of drug-likeness (QED) is 0.735. The van der Waals surface area contributed by atoms with Crippen LogP contribution in [0.15, 0.2) is 6.20 Å². The number of aromatic nitrogens is 3. The Morgan fingerprint density at radius 1 is 1.47 bits per heavy atom. The summed E-state index contributed by atoms with van der Waals surface area (Å²) >= 11 is 3.25. The SMILES string of the molecule is CCCS(=O)(=O)CCn1cc(CBr)nn1. The minimum absolute atomic E-state index is 0.131. The van der Waals surface area contributed by atoms with Gasteiger partial charge in [-0.25, -0.2) is 8.42 Å². The second-order valence-corrected chi connectivity index (χ2v) is 6.12. The average molecular weight is 296 g/mol. The monoisotopic (exact) mass is 295 g/mol. The van der Waals surface area contributed by atoms with Crippen LogP contribution in [0.3, 0.4) is 0 Å². The largest absolute Gasteiger partial charge is 0.251 e. The van der Waals surface area contributed by atoms with E-state index < -0.39 is 9.84 Å². The van der Waals surface area contributed by atoms with E-state index in [1.54, 1.807) is 10.9 Å². The van der Waals surface area contributed by atoms with Gasteiger partial charge in [-0.3, -0.25) is 4.68 Å². The maximum absolute atomic E-state index is 11.4. The van der Waals surface area contributed by atoms with Crippen molar-refractivity contribution in [3.8, 4) is 0 Å². The first-order valence-electron chi connectivity index (χ1n) is 4.73. The highest BCUT2D eigenvalue weighted by molar-refractivity contribution is 9.08. The van der Waals surface area contributed by atoms with Crippen molar-refractivity contribution in [2.24, 2.45) is 0 Å². The third-order valence-electron chi connectivity index (χ3n) is 1.87. The molecular formula is C8H14BrN3O2S. The zero-order chi connectivity index (χ0) is 11.3. The number of rotatable bonds is 6. The molecule has 0 fully saturated rings. The summed E-state index contributed by atoms with van der Waals surface area (Å²) in [6.45, 7) is 2.23. The van der Waals surface area contributed by atoms with Gasteiger partial charge in [0.15, 0.2) is 9.84 Å². The Hall–Kier alpha value is -0.430. The van der Waals surface area contributed by atoms with Crippen molar-refractivity contribution in [3.05, 3.63) is 11.9 Å². The van der Waals surface area contributed by atoms with Crippen LogP contribution in [0.4, 0.5) is 0 Å². The summed E-state index contributed by atoms with van der Waals surface area (Å²) in [7, 11) is -2.93. The van der Waals surface area contributed by atoms with Gasteiger partial charge in [0.05, 0.1) is 18.0 Å². The van der Waals surface area contributed by atoms with Crippen LogP contribution in [0.25, 0.3) is 0 Å². The Morgan fingerprint density at radius 3 is 2.73 bits per heavy atom. The Morgan fingerprint density at radius 2 is 2.20 bits per heavy atom. The molecule has 1 aromatic rings. The van der Waals surface area contributed by atoms with E-state index >= 15 is 0 Å². The topological polar surface area (TPSA) is 64.8 Å². The van der Waals surface area contributed by atoms with Crippen molar-refractivity contribution < 1.29 is 8.42 Å². The fraction of sp³-hybridized carbons (Fsp3) is 0.750. The average Bonchev–Trinajstić information content (AvgIpc) is 2.62. The van der Waals surface area contributed by atoms with Crippen molar-refractivity contribution in [1.29, 1.82) is 0 Å². The van der Waals surface area contributed by atoms with Gasteiger partial charge in [-0.2, -0.15) is 0 Å². The molecule has 1 heterocycles. The lowest BCUT2D eigenvalue weighted by atomic mass is 10.5. The van der Waals surface area contributed by atoms with Gasteiger partial charge < -0.3 is 0 Å². The summed E-state index contributed by atoms with van der Waals surface area (Å²) in [5.41, 5.74) is 0.808. The maximum Gasteiger partial charge on any atom is 0.152 e. The van der Waals surface area contributed by atoms with Gasteiger partial charge in [-0.1, -0.05) is 28.1 Å². The predicted molar refractivity (Wildman–Crippen MR) is 61.6 cm³/mol. The molecule has 1 aromatic heterocycles. The van der Waals surface area contributed by atoms with Gasteiger partial charge in [0.2, 0.25) is 0 Å². The molecular weight excluding hydrogens is 282 g/mol. The number of aryl methyl sites for hydroxylation is 1. The zero-order valence-electron chi connectivity index (χ0n) is 8.56. The van der Waals surface area contributed by atoms with E-state index in [1.165, 1.54) is 0 Å². The number of alkyl halides is 1. The molecule has 0 aliphatic heterocycles. The lowest BCUT2D eigenvalue weighted by Crippen LogP contribution is -2.16. The number of sulfone groups is 1. The van der Waals surface area contributed by atoms with E-state index in [0.29, 0.717) is 18.3 Å². The van der Waals surface area contributed by atoms with E-state index in [4.69, 9.17) is 0 Å². The predicted octanol–water partition coefficient (Wildman–Crippen LogP) is 0.998. The van der Waals surface area contributed by atoms with Crippen LogP contribution in [-0.2, 0) is 21.7 Å². The molecule has 7 heteroatoms. The molecule has 0 saturated carbocycles. The standard InChI is InChI=1S/C8H14BrN3O2S/c1-2-4-15(13,14)5-3-12-7-8(6-9)10-11-12/h7H,2-6H2,1H3. The number of hydrogen-bond donors (Lipinski definition) is 0. The number of hydrogen-bond acceptors (Lipinski definition) is 4. The zero-order valence-corrected chi connectivity index (χ0v) is 11.0. The third kappa shape index (κ3) is 4.29. The summed E-state index contributed by atoms with van der Waals surface area (Å²) < 4.78 is 24.4. The molecule has 0 spiro atoms. The first-order chi connectivity index (χ1) is 7.07. The molecule has 0 N–H and O–H groups in total. The first kappa shape index (κ1) is 12.6. The van der Waals surface area contributed by atoms with Crippen molar-refractivity contribution in [3.63, 3.8) is 0 Å². The summed E-state index contributed by atoms with van der Waals surface area (Å²) in [6, 6.07) is 0. The van der Waals surface area contributed by atoms with Crippen LogP contribution in [0, 0.1) is 0 Å². The fourth-order valence-electron chi connectivity index (χ4n) is 1.15. The van der Waals surface area contributed by atoms with Gasteiger partial charge in [0, 0.05) is 17.3 Å². The van der Waals surface area contributed by atoms with Gasteiger partial charge in [-0.15, -0.1) is 5.10 Å². The molecule has 1 rings (SSSR count). The molecule has 5 nitrogen and oxygen atoms in total. The van der Waals surface area contributed by atoms with E-state index in [9.17, 15) is 8.42 Å². The van der Waals surface area contributed by atoms with Crippen LogP contribution in [0.1, 0.15) is 19.0 Å². The summed E-state index contributed by atoms with van der Waals surface area (Å²) in [5, 5.41) is 8.31. The van der Waals surface area contributed by atoms with Crippen LogP contribution < -0.4 is 0 Å². The molecule has 0 amide bonds. The molecule has 15 heavy (non-hydrogen) atoms. The molecule has 0 aliphatic rings. The van der Waals surface area contributed by atoms with E-state index in [-0.39, 0.29) is 11.5 Å². The Balaban J connectivity index is 2.50. The highest BCUT2D eigenvalue weighted by atomic mass is 79.9. The van der Waals surface area contributed by atoms with Gasteiger partial charge in [0.25, 0.3) is 0 Å². The van der Waals surface area contributed by atoms with Crippen molar-refractivity contribution in [2.45, 2.75) is 25.2 Å². The van der Waals surface area contributed by atoms with Crippen molar-refractivity contribution in [2.75, 3.05) is 11.5 Å². The normalized spacial score (nSPS) is 11.9. The minimum atomic E-state index is -2.93. The lowest BCUT2D eigenvalue weighted by molar-refractivity contribution is 0.574. The fourth-order valence-corrected chi connectivity index (χ4v) is 2.70. The molecule has 0 bridgehead atoms. The summed E-state index contributed by atoms with van der Waals surface area (Å²) in [6.07, 6.45) is 2.41. The maximum atomic E-state index is 11.4. The van der Waals surface area contributed by atoms with E-state index in [2.05, 4.69) is 26.2 Å². The number of halogens is 1. The second kappa shape index (κ2) is 5.60. The molecule has 86 valence electrons. The first-order valence-corrected chi connectivity index (χ1v) is 7.67. The van der Waals surface area contributed by atoms with Crippen LogP contribution in [0.5, 0.6) is 0 Å². The Bertz CT molecular complexity index is 402. The third-order valence-corrected chi connectivity index (χ3v) is 4.28. The Kier molecular flexibility index (Phi) is 4.72. The molecule has 0 aromatic carbocycles. The van der Waals surface area contributed by atoms with Gasteiger partial charge in [0.1, 0.15) is 0 Å². The Labute approximate surface area is 97.9 Å². The lowest BCUT2D eigenvalue weighted by Gasteiger charge is -2.01. The molecule has 0 aliphatic carbocycles. The van der Waals surface area contributed by atoms with Gasteiger partial charge in [-0.05, 0) is 6.42 Å². The van der Waals surface area contributed by atoms with Crippen LogP contribution in [-0.4, -0.2) is 34.9 Å². The van der Waals surface area contributed by atoms with Crippen molar-refractivity contribution >= 4 is 25.8 Å². The smallest absolute Gasteiger partial charge is 0.152 e. The molecule has 0 atom stereocenters. The minimum Gasteiger partial charge on any atom is -0.251 e. The van der Waals surface area contributed by atoms with Gasteiger partial charge >= 0.3 is 0 Å². The van der Waals surface area contributed by atoms with Crippen molar-refractivity contribution in [1.82, 2.24) is 15.0 Å². The van der Waals surface area contributed by atoms with E-state index in [1.807, 2.05) is 6.92 Å². The van der Waals surface area contributed by atoms with Crippen LogP contribution >= 0.6 is 15.9 Å². The molecule has 0 radical (unpaired) electrons. The highest BCUT2D eigenvalue weighted by Gasteiger charge is 2.09. The summed E-state index contributed by atoms with van der Waals surface area (Å²) in [4.78, 5) is 0. The highest BCUT2D eigenvalue weighted by Crippen LogP contribution is 2.01.